The summed E-state index contributed by atoms with van der Waals surface area (Å²) in [5.41, 5.74) is 17.2. The lowest BCUT2D eigenvalue weighted by Gasteiger charge is -2.35. The van der Waals surface area contributed by atoms with Gasteiger partial charge < -0.3 is 16.4 Å². The molecule has 1 aromatic rings. The van der Waals surface area contributed by atoms with Crippen LogP contribution in [-0.4, -0.2) is 25.0 Å². The first kappa shape index (κ1) is 15.6. The van der Waals surface area contributed by atoms with Gasteiger partial charge in [0.05, 0.1) is 5.69 Å². The van der Waals surface area contributed by atoms with Crippen LogP contribution in [0.15, 0.2) is 11.6 Å². The molecule has 128 valence electrons. The molecule has 3 aliphatic rings. The van der Waals surface area contributed by atoms with Crippen LogP contribution in [0.1, 0.15) is 60.0 Å². The van der Waals surface area contributed by atoms with Gasteiger partial charge in [0.25, 0.3) is 0 Å². The van der Waals surface area contributed by atoms with E-state index in [4.69, 9.17) is 11.5 Å². The van der Waals surface area contributed by atoms with Crippen molar-refractivity contribution in [3.05, 3.63) is 34.1 Å². The lowest BCUT2D eigenvalue weighted by atomic mass is 9.90. The van der Waals surface area contributed by atoms with Crippen molar-refractivity contribution in [1.29, 1.82) is 0 Å². The first-order chi connectivity index (χ1) is 11.6. The molecule has 1 amide bonds. The lowest BCUT2D eigenvalue weighted by molar-refractivity contribution is 0.0999. The number of hydrogen-bond donors (Lipinski definition) is 2. The molecule has 0 radical (unpaired) electrons. The minimum atomic E-state index is -0.535. The monoisotopic (exact) mass is 329 g/mol. The zero-order valence-corrected chi connectivity index (χ0v) is 13.9. The number of amides is 1. The summed E-state index contributed by atoms with van der Waals surface area (Å²) in [7, 11) is 0. The molecule has 0 bridgehead atoms. The number of carbonyl (C=O) groups is 1. The van der Waals surface area contributed by atoms with Gasteiger partial charge in [0.1, 0.15) is 5.82 Å². The third-order valence-corrected chi connectivity index (χ3v) is 5.67. The summed E-state index contributed by atoms with van der Waals surface area (Å²) in [6.07, 6.45) is 7.01. The number of halogens is 1. The zero-order chi connectivity index (χ0) is 16.8. The van der Waals surface area contributed by atoms with Crippen LogP contribution in [0.2, 0.25) is 0 Å². The summed E-state index contributed by atoms with van der Waals surface area (Å²) < 4.78 is 15.0. The Bertz CT molecular complexity index is 741. The molecule has 1 saturated heterocycles. The third kappa shape index (κ3) is 2.42. The summed E-state index contributed by atoms with van der Waals surface area (Å²) >= 11 is 0. The molecule has 1 fully saturated rings. The number of nitrogens with two attached hydrogens (primary N) is 2. The highest BCUT2D eigenvalue weighted by Gasteiger charge is 2.34. The zero-order valence-electron chi connectivity index (χ0n) is 13.9. The Hall–Kier alpha value is -1.88. The standard InChI is InChI=1S/C19H24FN3O/c20-16-9-15(19(22)24)14-8-11-4-1-2-6-13(11)17(14)18(16)23-7-3-5-12(21)10-23/h9,12H,1-8,10,21H2,(H2,22,24)/t12-/m0/s1. The first-order valence-corrected chi connectivity index (χ1v) is 8.93. The summed E-state index contributed by atoms with van der Waals surface area (Å²) in [6, 6.07) is 1.42. The molecule has 4 N–H and O–H groups in total. The quantitative estimate of drug-likeness (QED) is 0.876. The fraction of sp³-hybridized carbons (Fsp3) is 0.526. The third-order valence-electron chi connectivity index (χ3n) is 5.67. The molecule has 1 atom stereocenters. The number of anilines is 1. The molecule has 1 aliphatic heterocycles. The van der Waals surface area contributed by atoms with E-state index < -0.39 is 5.91 Å². The number of carbonyl (C=O) groups excluding carboxylic acids is 1. The van der Waals surface area contributed by atoms with Crippen molar-refractivity contribution in [3.8, 4) is 0 Å². The fourth-order valence-electron chi connectivity index (χ4n) is 4.61. The maximum absolute atomic E-state index is 15.0. The van der Waals surface area contributed by atoms with Gasteiger partial charge in [-0.25, -0.2) is 4.39 Å². The molecule has 2 aliphatic carbocycles. The largest absolute Gasteiger partial charge is 0.367 e. The van der Waals surface area contributed by atoms with Crippen LogP contribution in [-0.2, 0) is 6.42 Å². The lowest BCUT2D eigenvalue weighted by Crippen LogP contribution is -2.43. The van der Waals surface area contributed by atoms with Gasteiger partial charge in [-0.15, -0.1) is 0 Å². The average molecular weight is 329 g/mol. The van der Waals surface area contributed by atoms with Crippen molar-refractivity contribution >= 4 is 17.2 Å². The van der Waals surface area contributed by atoms with Crippen LogP contribution in [0.25, 0.3) is 5.57 Å². The van der Waals surface area contributed by atoms with Crippen molar-refractivity contribution in [2.45, 2.75) is 51.0 Å². The maximum atomic E-state index is 15.0. The van der Waals surface area contributed by atoms with Crippen molar-refractivity contribution < 1.29 is 9.18 Å². The van der Waals surface area contributed by atoms with E-state index in [1.54, 1.807) is 0 Å². The molecule has 24 heavy (non-hydrogen) atoms. The predicted octanol–water partition coefficient (Wildman–Crippen LogP) is 2.74. The molecular formula is C19H24FN3O. The Morgan fingerprint density at radius 1 is 1.25 bits per heavy atom. The minimum absolute atomic E-state index is 0.0748. The maximum Gasteiger partial charge on any atom is 0.249 e. The van der Waals surface area contributed by atoms with E-state index in [0.717, 1.165) is 56.2 Å². The van der Waals surface area contributed by atoms with E-state index in [1.807, 2.05) is 0 Å². The van der Waals surface area contributed by atoms with Gasteiger partial charge in [-0.3, -0.25) is 4.79 Å². The van der Waals surface area contributed by atoms with Crippen LogP contribution < -0.4 is 16.4 Å². The Kier molecular flexibility index (Phi) is 3.83. The molecule has 0 saturated carbocycles. The highest BCUT2D eigenvalue weighted by atomic mass is 19.1. The Morgan fingerprint density at radius 3 is 2.79 bits per heavy atom. The topological polar surface area (TPSA) is 72.4 Å². The van der Waals surface area contributed by atoms with Crippen LogP contribution >= 0.6 is 0 Å². The van der Waals surface area contributed by atoms with E-state index in [2.05, 4.69) is 4.90 Å². The van der Waals surface area contributed by atoms with Gasteiger partial charge in [-0.2, -0.15) is 0 Å². The first-order valence-electron chi connectivity index (χ1n) is 8.93. The molecule has 0 aromatic heterocycles. The predicted molar refractivity (Wildman–Crippen MR) is 93.4 cm³/mol. The van der Waals surface area contributed by atoms with Crippen LogP contribution in [0.4, 0.5) is 10.1 Å². The van der Waals surface area contributed by atoms with Gasteiger partial charge in [0.2, 0.25) is 5.91 Å². The number of rotatable bonds is 2. The second-order valence-electron chi connectivity index (χ2n) is 7.29. The molecule has 5 heteroatoms. The Balaban J connectivity index is 1.89. The number of nitrogens with zero attached hydrogens (tertiary/aromatic N) is 1. The smallest absolute Gasteiger partial charge is 0.249 e. The number of primary amides is 1. The molecule has 1 aromatic carbocycles. The fourth-order valence-corrected chi connectivity index (χ4v) is 4.61. The van der Waals surface area contributed by atoms with Gasteiger partial charge in [0.15, 0.2) is 0 Å². The number of allylic oxidation sites excluding steroid dienone is 2. The molecule has 0 unspecified atom stereocenters. The summed E-state index contributed by atoms with van der Waals surface area (Å²) in [5.74, 6) is -0.872. The normalized spacial score (nSPS) is 23.2. The van der Waals surface area contributed by atoms with Crippen LogP contribution in [0.3, 0.4) is 0 Å². The molecule has 4 nitrogen and oxygen atoms in total. The van der Waals surface area contributed by atoms with Crippen molar-refractivity contribution in [2.24, 2.45) is 11.5 Å². The highest BCUT2D eigenvalue weighted by molar-refractivity contribution is 5.99. The van der Waals surface area contributed by atoms with E-state index in [1.165, 1.54) is 23.6 Å². The number of benzene rings is 1. The van der Waals surface area contributed by atoms with Crippen molar-refractivity contribution in [1.82, 2.24) is 0 Å². The van der Waals surface area contributed by atoms with E-state index in [9.17, 15) is 4.79 Å². The summed E-state index contributed by atoms with van der Waals surface area (Å²) in [5, 5.41) is 0. The van der Waals surface area contributed by atoms with Gasteiger partial charge >= 0.3 is 0 Å². The van der Waals surface area contributed by atoms with Crippen LogP contribution in [0, 0.1) is 5.82 Å². The molecular weight excluding hydrogens is 305 g/mol. The van der Waals surface area contributed by atoms with E-state index >= 15 is 4.39 Å². The summed E-state index contributed by atoms with van der Waals surface area (Å²) in [6.45, 7) is 1.48. The van der Waals surface area contributed by atoms with Gasteiger partial charge in [0, 0.05) is 30.3 Å². The van der Waals surface area contributed by atoms with Crippen molar-refractivity contribution in [2.75, 3.05) is 18.0 Å². The van der Waals surface area contributed by atoms with E-state index in [-0.39, 0.29) is 11.9 Å². The summed E-state index contributed by atoms with van der Waals surface area (Å²) in [4.78, 5) is 13.9. The second-order valence-corrected chi connectivity index (χ2v) is 7.29. The Labute approximate surface area is 141 Å². The average Bonchev–Trinajstić information content (AvgIpc) is 2.93. The SMILES string of the molecule is NC(=O)c1cc(F)c(N2CCC[C@H](N)C2)c2c1CC1=C2CCCC1. The van der Waals surface area contributed by atoms with Crippen molar-refractivity contribution in [3.63, 3.8) is 0 Å². The second kappa shape index (κ2) is 5.88. The highest BCUT2D eigenvalue weighted by Crippen LogP contribution is 2.48. The number of fused-ring (bicyclic) bond motifs is 2. The van der Waals surface area contributed by atoms with E-state index in [0.29, 0.717) is 17.8 Å². The minimum Gasteiger partial charge on any atom is -0.367 e. The molecule has 1 heterocycles. The van der Waals surface area contributed by atoms with Gasteiger partial charge in [-0.05, 0) is 62.1 Å². The number of piperidine rings is 1. The number of hydrogen-bond acceptors (Lipinski definition) is 3. The Morgan fingerprint density at radius 2 is 2.04 bits per heavy atom. The van der Waals surface area contributed by atoms with Gasteiger partial charge in [-0.1, -0.05) is 5.57 Å². The van der Waals surface area contributed by atoms with Crippen LogP contribution in [0.5, 0.6) is 0 Å². The molecule has 4 rings (SSSR count). The molecule has 0 spiro atoms.